The number of carbonyl (C=O) groups is 3. The number of aromatic nitrogens is 1. The van der Waals surface area contributed by atoms with Gasteiger partial charge in [-0.25, -0.2) is 9.78 Å². The number of thiazole rings is 1. The van der Waals surface area contributed by atoms with Crippen LogP contribution in [0.2, 0.25) is 0 Å². The second-order valence-electron chi connectivity index (χ2n) is 7.12. The quantitative estimate of drug-likeness (QED) is 0.814. The third-order valence-corrected chi connectivity index (χ3v) is 6.15. The molecule has 1 aromatic heterocycles. The summed E-state index contributed by atoms with van der Waals surface area (Å²) in [6.07, 6.45) is 1.86. The van der Waals surface area contributed by atoms with Gasteiger partial charge in [-0.3, -0.25) is 14.5 Å². The maximum atomic E-state index is 12.6. The van der Waals surface area contributed by atoms with Gasteiger partial charge in [0, 0.05) is 7.05 Å². The van der Waals surface area contributed by atoms with E-state index in [2.05, 4.69) is 10.3 Å². The van der Waals surface area contributed by atoms with Gasteiger partial charge < -0.3 is 10.2 Å². The summed E-state index contributed by atoms with van der Waals surface area (Å²) in [6.45, 7) is 1.86. The number of nitrogens with one attached hydrogen (secondary N) is 1. The molecule has 4 rings (SSSR count). The molecule has 1 unspecified atom stereocenters. The second kappa shape index (κ2) is 6.05. The van der Waals surface area contributed by atoms with E-state index in [-0.39, 0.29) is 24.3 Å². The molecule has 2 aliphatic rings. The lowest BCUT2D eigenvalue weighted by atomic mass is 9.96. The monoisotopic (exact) mass is 372 g/mol. The Morgan fingerprint density at radius 2 is 2.12 bits per heavy atom. The molecule has 8 heteroatoms. The van der Waals surface area contributed by atoms with Crippen molar-refractivity contribution >= 4 is 39.4 Å². The van der Waals surface area contributed by atoms with E-state index >= 15 is 0 Å². The van der Waals surface area contributed by atoms with Crippen LogP contribution >= 0.6 is 11.3 Å². The Labute approximate surface area is 155 Å². The molecule has 0 spiro atoms. The summed E-state index contributed by atoms with van der Waals surface area (Å²) in [7, 11) is 1.66. The van der Waals surface area contributed by atoms with Crippen LogP contribution in [0, 0.1) is 5.92 Å². The Kier molecular flexibility index (Phi) is 3.95. The molecule has 2 fully saturated rings. The van der Waals surface area contributed by atoms with Crippen molar-refractivity contribution < 1.29 is 14.4 Å². The average Bonchev–Trinajstić information content (AvgIpc) is 3.35. The molecular formula is C18H20N4O3S. The van der Waals surface area contributed by atoms with E-state index in [1.807, 2.05) is 24.3 Å². The number of hydrogen-bond acceptors (Lipinski definition) is 5. The Morgan fingerprint density at radius 1 is 1.38 bits per heavy atom. The Morgan fingerprint density at radius 3 is 2.81 bits per heavy atom. The molecule has 2 aromatic rings. The number of urea groups is 1. The van der Waals surface area contributed by atoms with E-state index in [1.54, 1.807) is 14.0 Å². The summed E-state index contributed by atoms with van der Waals surface area (Å²) in [5.41, 5.74) is 0.0471. The normalized spacial score (nSPS) is 22.8. The summed E-state index contributed by atoms with van der Waals surface area (Å²) < 4.78 is 1.07. The molecule has 1 aromatic carbocycles. The summed E-state index contributed by atoms with van der Waals surface area (Å²) in [5, 5.41) is 3.58. The first-order valence-corrected chi connectivity index (χ1v) is 9.42. The number of rotatable bonds is 5. The van der Waals surface area contributed by atoms with Crippen molar-refractivity contribution in [2.24, 2.45) is 5.92 Å². The van der Waals surface area contributed by atoms with Crippen LogP contribution in [0.1, 0.15) is 24.8 Å². The average molecular weight is 372 g/mol. The van der Waals surface area contributed by atoms with Gasteiger partial charge in [-0.1, -0.05) is 12.1 Å². The number of para-hydroxylation sites is 1. The molecule has 1 N–H and O–H groups in total. The van der Waals surface area contributed by atoms with Crippen LogP contribution < -0.4 is 5.32 Å². The van der Waals surface area contributed by atoms with Crippen LogP contribution in [0.3, 0.4) is 0 Å². The summed E-state index contributed by atoms with van der Waals surface area (Å²) in [5.74, 6) is -0.404. The smallest absolute Gasteiger partial charge is 0.325 e. The number of likely N-dealkylation sites (N-methyl/N-ethyl adjacent to an activating group) is 1. The van der Waals surface area contributed by atoms with Gasteiger partial charge in [0.15, 0.2) is 0 Å². The first-order valence-electron chi connectivity index (χ1n) is 8.61. The van der Waals surface area contributed by atoms with Crippen molar-refractivity contribution in [1.29, 1.82) is 0 Å². The van der Waals surface area contributed by atoms with Crippen LogP contribution in [-0.4, -0.2) is 51.8 Å². The minimum atomic E-state index is -0.858. The molecule has 7 nitrogen and oxygen atoms in total. The van der Waals surface area contributed by atoms with Crippen molar-refractivity contribution in [3.05, 3.63) is 29.3 Å². The van der Waals surface area contributed by atoms with E-state index in [9.17, 15) is 14.4 Å². The molecule has 2 heterocycles. The number of hydrogen-bond donors (Lipinski definition) is 1. The number of imide groups is 1. The maximum absolute atomic E-state index is 12.6. The van der Waals surface area contributed by atoms with Gasteiger partial charge in [0.2, 0.25) is 5.91 Å². The number of amides is 4. The minimum absolute atomic E-state index is 0.180. The second-order valence-corrected chi connectivity index (χ2v) is 8.24. The minimum Gasteiger partial charge on any atom is -0.337 e. The highest BCUT2D eigenvalue weighted by Crippen LogP contribution is 2.42. The Bertz CT molecular complexity index is 874. The molecule has 1 atom stereocenters. The van der Waals surface area contributed by atoms with Gasteiger partial charge >= 0.3 is 6.03 Å². The van der Waals surface area contributed by atoms with Gasteiger partial charge in [0.1, 0.15) is 17.1 Å². The van der Waals surface area contributed by atoms with Crippen molar-refractivity contribution in [3.63, 3.8) is 0 Å². The summed E-state index contributed by atoms with van der Waals surface area (Å²) in [6, 6.07) is 7.32. The highest BCUT2D eigenvalue weighted by atomic mass is 32.1. The predicted octanol–water partition coefficient (Wildman–Crippen LogP) is 1.98. The molecule has 0 radical (unpaired) electrons. The molecule has 0 bridgehead atoms. The fraction of sp³-hybridized carbons (Fsp3) is 0.444. The van der Waals surface area contributed by atoms with Gasteiger partial charge in [-0.05, 0) is 37.8 Å². The zero-order chi connectivity index (χ0) is 18.5. The topological polar surface area (TPSA) is 82.6 Å². The maximum Gasteiger partial charge on any atom is 0.325 e. The van der Waals surface area contributed by atoms with Gasteiger partial charge in [0.05, 0.1) is 16.8 Å². The van der Waals surface area contributed by atoms with Crippen LogP contribution in [0.15, 0.2) is 24.3 Å². The van der Waals surface area contributed by atoms with Crippen molar-refractivity contribution in [3.8, 4) is 0 Å². The molecule has 1 aliphatic heterocycles. The molecule has 4 amide bonds. The largest absolute Gasteiger partial charge is 0.337 e. The van der Waals surface area contributed by atoms with E-state index in [0.717, 1.165) is 33.0 Å². The van der Waals surface area contributed by atoms with Crippen LogP contribution in [0.25, 0.3) is 10.2 Å². The van der Waals surface area contributed by atoms with Gasteiger partial charge in [-0.15, -0.1) is 11.3 Å². The number of fused-ring (bicyclic) bond motifs is 1. The fourth-order valence-electron chi connectivity index (χ4n) is 3.33. The van der Waals surface area contributed by atoms with Gasteiger partial charge in [0.25, 0.3) is 5.91 Å². The van der Waals surface area contributed by atoms with E-state index in [4.69, 9.17) is 0 Å². The molecule has 1 aliphatic carbocycles. The molecule has 26 heavy (non-hydrogen) atoms. The zero-order valence-electron chi connectivity index (χ0n) is 14.7. The SMILES string of the molecule is CN(Cc1nc2ccccc2s1)C(=O)CN1C(=O)NC(C)(C2CC2)C1=O. The molecule has 1 saturated heterocycles. The molecular weight excluding hydrogens is 352 g/mol. The Balaban J connectivity index is 1.42. The van der Waals surface area contributed by atoms with Crippen LogP contribution in [0.5, 0.6) is 0 Å². The lowest BCUT2D eigenvalue weighted by Gasteiger charge is -2.22. The fourth-order valence-corrected chi connectivity index (χ4v) is 4.35. The number of carbonyl (C=O) groups excluding carboxylic acids is 3. The Hall–Kier alpha value is -2.48. The standard InChI is InChI=1S/C18H20N4O3S/c1-18(11-7-8-11)16(24)22(17(25)20-18)10-15(23)21(2)9-14-19-12-5-3-4-6-13(12)26-14/h3-6,11H,7-10H2,1-2H3,(H,20,25). The van der Waals surface area contributed by atoms with E-state index in [1.165, 1.54) is 16.2 Å². The predicted molar refractivity (Wildman–Crippen MR) is 97.5 cm³/mol. The third kappa shape index (κ3) is 2.84. The first-order chi connectivity index (χ1) is 12.4. The summed E-state index contributed by atoms with van der Waals surface area (Å²) >= 11 is 1.53. The van der Waals surface area contributed by atoms with Gasteiger partial charge in [-0.2, -0.15) is 0 Å². The third-order valence-electron chi connectivity index (χ3n) is 5.12. The zero-order valence-corrected chi connectivity index (χ0v) is 15.5. The number of benzene rings is 1. The molecule has 1 saturated carbocycles. The molecule has 136 valence electrons. The lowest BCUT2D eigenvalue weighted by Crippen LogP contribution is -2.47. The highest BCUT2D eigenvalue weighted by molar-refractivity contribution is 7.18. The lowest BCUT2D eigenvalue weighted by molar-refractivity contribution is -0.138. The van der Waals surface area contributed by atoms with Crippen LogP contribution in [-0.2, 0) is 16.1 Å². The van der Waals surface area contributed by atoms with E-state index in [0.29, 0.717) is 6.54 Å². The van der Waals surface area contributed by atoms with Crippen molar-refractivity contribution in [1.82, 2.24) is 20.1 Å². The van der Waals surface area contributed by atoms with Crippen molar-refractivity contribution in [2.75, 3.05) is 13.6 Å². The number of nitrogens with zero attached hydrogens (tertiary/aromatic N) is 3. The first kappa shape index (κ1) is 17.0. The highest BCUT2D eigenvalue weighted by Gasteiger charge is 2.56. The summed E-state index contributed by atoms with van der Waals surface area (Å²) in [4.78, 5) is 44.4. The van der Waals surface area contributed by atoms with E-state index < -0.39 is 11.6 Å². The van der Waals surface area contributed by atoms with Crippen LogP contribution in [0.4, 0.5) is 4.79 Å². The van der Waals surface area contributed by atoms with Crippen molar-refractivity contribution in [2.45, 2.75) is 31.8 Å².